The lowest BCUT2D eigenvalue weighted by atomic mass is 10.0. The fraction of sp³-hybridized carbons (Fsp3) is 0.237. The van der Waals surface area contributed by atoms with Gasteiger partial charge in [-0.25, -0.2) is 14.4 Å². The number of hydrogen-bond acceptors (Lipinski definition) is 9. The molecular weight excluding hydrogens is 772 g/mol. The van der Waals surface area contributed by atoms with Crippen LogP contribution in [0.4, 0.5) is 18.9 Å². The maximum absolute atomic E-state index is 14.8. The summed E-state index contributed by atoms with van der Waals surface area (Å²) in [5.74, 6) is -5.76. The van der Waals surface area contributed by atoms with Crippen molar-refractivity contribution in [1.82, 2.24) is 16.0 Å². The van der Waals surface area contributed by atoms with Crippen LogP contribution in [0.15, 0.2) is 108 Å². The Bertz CT molecular complexity index is 2000. The molecule has 0 bridgehead atoms. The lowest BCUT2D eigenvalue weighted by molar-refractivity contribution is -0.192. The van der Waals surface area contributed by atoms with Crippen LogP contribution in [-0.2, 0) is 25.4 Å². The number of aryl methyl sites for hydroxylation is 2. The molecule has 0 fully saturated rings. The second-order valence-corrected chi connectivity index (χ2v) is 14.4. The predicted molar refractivity (Wildman–Crippen MR) is 205 cm³/mol. The van der Waals surface area contributed by atoms with Crippen molar-refractivity contribution in [2.24, 2.45) is 16.5 Å². The number of benzene rings is 4. The first-order valence-electron chi connectivity index (χ1n) is 17.0. The second kappa shape index (κ2) is 20.5. The summed E-state index contributed by atoms with van der Waals surface area (Å²) in [4.78, 5) is 52.8. The molecule has 304 valence electrons. The van der Waals surface area contributed by atoms with Crippen molar-refractivity contribution in [2.45, 2.75) is 51.2 Å². The highest BCUT2D eigenvalue weighted by molar-refractivity contribution is 7.55. The van der Waals surface area contributed by atoms with Crippen LogP contribution in [0, 0.1) is 13.8 Å². The molecule has 0 spiro atoms. The summed E-state index contributed by atoms with van der Waals surface area (Å²) in [7, 11) is -4.30. The monoisotopic (exact) mass is 814 g/mol. The number of alkyl halides is 3. The van der Waals surface area contributed by atoms with Crippen molar-refractivity contribution in [1.29, 1.82) is 0 Å². The summed E-state index contributed by atoms with van der Waals surface area (Å²) in [5.41, 5.74) is 13.9. The van der Waals surface area contributed by atoms with Crippen LogP contribution in [0.3, 0.4) is 0 Å². The Morgan fingerprint density at radius 3 is 1.70 bits per heavy atom. The quantitative estimate of drug-likeness (QED) is 0.0501. The van der Waals surface area contributed by atoms with Crippen molar-refractivity contribution in [3.05, 3.63) is 125 Å². The van der Waals surface area contributed by atoms with E-state index in [2.05, 4.69) is 20.9 Å². The number of carbonyl (C=O) groups excluding carboxylic acids is 3. The maximum Gasteiger partial charge on any atom is 0.490 e. The van der Waals surface area contributed by atoms with Gasteiger partial charge in [-0.15, -0.1) is 0 Å². The van der Waals surface area contributed by atoms with E-state index >= 15 is 0 Å². The number of amides is 3. The third kappa shape index (κ3) is 14.0. The molecule has 0 aromatic heterocycles. The predicted octanol–water partition coefficient (Wildman–Crippen LogP) is 4.47. The molecular formula is C38H42F3N6O9P. The zero-order chi connectivity index (χ0) is 42.3. The Kier molecular flexibility index (Phi) is 16.2. The van der Waals surface area contributed by atoms with Gasteiger partial charge < -0.3 is 46.7 Å². The first kappa shape index (κ1) is 45.0. The van der Waals surface area contributed by atoms with Gasteiger partial charge in [0.05, 0.1) is 12.3 Å². The highest BCUT2D eigenvalue weighted by Crippen LogP contribution is 2.53. The molecule has 0 aliphatic heterocycles. The van der Waals surface area contributed by atoms with Crippen LogP contribution in [0.1, 0.15) is 34.0 Å². The summed E-state index contributed by atoms with van der Waals surface area (Å²) < 4.78 is 58.6. The van der Waals surface area contributed by atoms with E-state index in [4.69, 9.17) is 30.4 Å². The Labute approximate surface area is 325 Å². The second-order valence-electron chi connectivity index (χ2n) is 12.3. The summed E-state index contributed by atoms with van der Waals surface area (Å²) in [6.07, 6.45) is -5.11. The summed E-state index contributed by atoms with van der Waals surface area (Å²) in [6, 6.07) is 26.2. The number of rotatable bonds is 15. The molecule has 0 saturated heterocycles. The minimum atomic E-state index is -5.08. The molecule has 15 nitrogen and oxygen atoms in total. The lowest BCUT2D eigenvalue weighted by Gasteiger charge is -2.29. The first-order chi connectivity index (χ1) is 26.8. The van der Waals surface area contributed by atoms with Gasteiger partial charge in [-0.3, -0.25) is 14.4 Å². The van der Waals surface area contributed by atoms with Crippen molar-refractivity contribution in [3.8, 4) is 11.5 Å². The molecule has 9 N–H and O–H groups in total. The fourth-order valence-electron chi connectivity index (χ4n) is 4.99. The zero-order valence-electron chi connectivity index (χ0n) is 30.9. The third-order valence-corrected chi connectivity index (χ3v) is 9.78. The molecule has 3 amide bonds. The van der Waals surface area contributed by atoms with Crippen LogP contribution in [0.25, 0.3) is 0 Å². The average molecular weight is 815 g/mol. The largest absolute Gasteiger partial charge is 0.490 e. The summed E-state index contributed by atoms with van der Waals surface area (Å²) in [5, 5.41) is 24.9. The van der Waals surface area contributed by atoms with Gasteiger partial charge in [-0.1, -0.05) is 66.7 Å². The van der Waals surface area contributed by atoms with Crippen LogP contribution in [0.5, 0.6) is 11.5 Å². The molecule has 0 aliphatic carbocycles. The number of nitrogens with zero attached hydrogens (tertiary/aromatic N) is 1. The maximum atomic E-state index is 14.8. The molecule has 0 heterocycles. The van der Waals surface area contributed by atoms with Crippen LogP contribution >= 0.6 is 7.60 Å². The standard InChI is InChI=1S/C36H41N6O7P.C2HF3O2/c1-23-11-10-12-24(2)32(23)35(46)41-30(22-43)34(45)39-25(3)33(44)42-31(21-26-17-19-27(20-18-26)40-36(37)38)50(47,48-28-13-6-4-7-14-28)49-29-15-8-5-9-16-29;3-2(4,5)1(6)7/h4-20,25,30-31,43H,21-22H2,1-3H3,(H,39,45)(H,41,46)(H,42,44)(H4,37,38,40);(H,6,7)/t25-,30+,31?;/m0./s1. The number of carboxylic acids is 1. The molecule has 1 unspecified atom stereocenters. The summed E-state index contributed by atoms with van der Waals surface area (Å²) in [6.45, 7) is 4.22. The van der Waals surface area contributed by atoms with Crippen molar-refractivity contribution >= 4 is 42.9 Å². The number of para-hydroxylation sites is 2. The smallest absolute Gasteiger partial charge is 0.475 e. The highest BCUT2D eigenvalue weighted by Gasteiger charge is 2.42. The van der Waals surface area contributed by atoms with Crippen molar-refractivity contribution in [2.75, 3.05) is 6.61 Å². The number of aliphatic hydroxyl groups is 1. The highest BCUT2D eigenvalue weighted by atomic mass is 31.2. The molecule has 4 rings (SSSR count). The van der Waals surface area contributed by atoms with Gasteiger partial charge in [0.15, 0.2) is 11.7 Å². The van der Waals surface area contributed by atoms with Crippen LogP contribution < -0.4 is 36.5 Å². The molecule has 3 atom stereocenters. The fourth-order valence-corrected chi connectivity index (χ4v) is 6.83. The SMILES string of the molecule is Cc1cccc(C)c1C(=O)N[C@H](CO)C(=O)N[C@@H](C)C(=O)NC(Cc1ccc(N=C(N)N)cc1)P(=O)(Oc1ccccc1)Oc1ccccc1.O=C(O)C(F)(F)F. The van der Waals surface area contributed by atoms with Gasteiger partial charge in [0.1, 0.15) is 23.6 Å². The van der Waals surface area contributed by atoms with Gasteiger partial charge >= 0.3 is 19.7 Å². The van der Waals surface area contributed by atoms with E-state index in [-0.39, 0.29) is 23.9 Å². The number of nitrogens with one attached hydrogen (secondary N) is 3. The molecule has 0 radical (unpaired) electrons. The third-order valence-electron chi connectivity index (χ3n) is 7.77. The Balaban J connectivity index is 0.00000113. The molecule has 4 aromatic carbocycles. The Morgan fingerprint density at radius 1 is 0.772 bits per heavy atom. The number of carboxylic acid groups (broad SMARTS) is 1. The number of carbonyl (C=O) groups is 4. The Morgan fingerprint density at radius 2 is 1.26 bits per heavy atom. The number of hydrogen-bond donors (Lipinski definition) is 7. The molecule has 19 heteroatoms. The van der Waals surface area contributed by atoms with E-state index in [0.717, 1.165) is 0 Å². The molecule has 0 saturated carbocycles. The normalized spacial score (nSPS) is 12.6. The van der Waals surface area contributed by atoms with E-state index in [1.165, 1.54) is 6.92 Å². The number of aliphatic carboxylic acids is 1. The number of guanidine groups is 1. The Hall–Kier alpha value is -6.39. The van der Waals surface area contributed by atoms with Crippen molar-refractivity contribution in [3.63, 3.8) is 0 Å². The minimum absolute atomic E-state index is 0.0312. The average Bonchev–Trinajstić information content (AvgIpc) is 3.14. The lowest BCUT2D eigenvalue weighted by Crippen LogP contribution is -2.55. The molecule has 57 heavy (non-hydrogen) atoms. The first-order valence-corrected chi connectivity index (χ1v) is 18.6. The number of nitrogens with two attached hydrogens (primary N) is 2. The molecule has 0 aliphatic rings. The van der Waals surface area contributed by atoms with E-state index in [1.807, 2.05) is 6.07 Å². The van der Waals surface area contributed by atoms with Gasteiger partial charge in [0.2, 0.25) is 11.8 Å². The van der Waals surface area contributed by atoms with Gasteiger partial charge in [-0.2, -0.15) is 13.2 Å². The number of aliphatic hydroxyl groups excluding tert-OH is 1. The van der Waals surface area contributed by atoms with Crippen LogP contribution in [-0.4, -0.2) is 70.5 Å². The minimum Gasteiger partial charge on any atom is -0.475 e. The van der Waals surface area contributed by atoms with E-state index in [9.17, 15) is 37.2 Å². The molecule has 4 aromatic rings. The zero-order valence-corrected chi connectivity index (χ0v) is 31.8. The van der Waals surface area contributed by atoms with Gasteiger partial charge in [0, 0.05) is 12.0 Å². The van der Waals surface area contributed by atoms with E-state index < -0.39 is 61.9 Å². The van der Waals surface area contributed by atoms with Crippen molar-refractivity contribution < 1.29 is 56.2 Å². The van der Waals surface area contributed by atoms with E-state index in [0.29, 0.717) is 27.9 Å². The van der Waals surface area contributed by atoms with Crippen LogP contribution in [0.2, 0.25) is 0 Å². The van der Waals surface area contributed by atoms with E-state index in [1.54, 1.807) is 111 Å². The van der Waals surface area contributed by atoms with Gasteiger partial charge in [0.25, 0.3) is 5.91 Å². The number of halogens is 3. The van der Waals surface area contributed by atoms with Gasteiger partial charge in [-0.05, 0) is 73.9 Å². The number of aliphatic imine (C=N–C) groups is 1. The topological polar surface area (TPSA) is 245 Å². The summed E-state index contributed by atoms with van der Waals surface area (Å²) >= 11 is 0.